The van der Waals surface area contributed by atoms with Crippen LogP contribution >= 0.6 is 39.1 Å². The lowest BCUT2D eigenvalue weighted by atomic mass is 10.3. The van der Waals surface area contributed by atoms with Gasteiger partial charge >= 0.3 is 5.69 Å². The number of halogens is 3. The van der Waals surface area contributed by atoms with Gasteiger partial charge in [-0.1, -0.05) is 23.2 Å². The van der Waals surface area contributed by atoms with Gasteiger partial charge in [0.1, 0.15) is 5.15 Å². The second-order valence-electron chi connectivity index (χ2n) is 3.19. The van der Waals surface area contributed by atoms with Gasteiger partial charge in [-0.05, 0) is 34.1 Å². The summed E-state index contributed by atoms with van der Waals surface area (Å²) in [6, 6.07) is 5.93. The van der Waals surface area contributed by atoms with Crippen molar-refractivity contribution in [2.75, 3.05) is 0 Å². The van der Waals surface area contributed by atoms with Crippen LogP contribution < -0.4 is 11.2 Å². The van der Waals surface area contributed by atoms with Crippen LogP contribution in [0.25, 0.3) is 5.69 Å². The molecule has 0 unspecified atom stereocenters. The summed E-state index contributed by atoms with van der Waals surface area (Å²) in [5, 5.41) is 0.416. The molecule has 0 aliphatic carbocycles. The first-order valence-electron chi connectivity index (χ1n) is 4.46. The van der Waals surface area contributed by atoms with E-state index in [0.717, 1.165) is 10.6 Å². The molecule has 1 aromatic heterocycles. The summed E-state index contributed by atoms with van der Waals surface area (Å²) in [5.74, 6) is 0. The zero-order valence-electron chi connectivity index (χ0n) is 8.21. The first kappa shape index (κ1) is 12.4. The maximum Gasteiger partial charge on any atom is 0.334 e. The minimum Gasteiger partial charge on any atom is -0.297 e. The van der Waals surface area contributed by atoms with Crippen molar-refractivity contribution < 1.29 is 0 Å². The minimum absolute atomic E-state index is 0.00518. The normalized spacial score (nSPS) is 10.5. The Balaban J connectivity index is 2.82. The van der Waals surface area contributed by atoms with Gasteiger partial charge in [0.2, 0.25) is 0 Å². The maximum absolute atomic E-state index is 11.7. The molecule has 0 fully saturated rings. The van der Waals surface area contributed by atoms with E-state index < -0.39 is 11.2 Å². The highest BCUT2D eigenvalue weighted by molar-refractivity contribution is 9.10. The number of aromatic amines is 1. The zero-order chi connectivity index (χ0) is 12.6. The summed E-state index contributed by atoms with van der Waals surface area (Å²) in [4.78, 5) is 25.7. The van der Waals surface area contributed by atoms with Crippen LogP contribution in [0.15, 0.2) is 38.3 Å². The predicted molar refractivity (Wildman–Crippen MR) is 70.4 cm³/mol. The van der Waals surface area contributed by atoms with Crippen LogP contribution in [0.3, 0.4) is 0 Å². The van der Waals surface area contributed by atoms with Gasteiger partial charge in [-0.2, -0.15) is 0 Å². The Labute approximate surface area is 114 Å². The second kappa shape index (κ2) is 4.68. The van der Waals surface area contributed by atoms with E-state index in [4.69, 9.17) is 23.2 Å². The van der Waals surface area contributed by atoms with Crippen molar-refractivity contribution in [1.29, 1.82) is 0 Å². The summed E-state index contributed by atoms with van der Waals surface area (Å²) in [6.07, 6.45) is 0. The molecular formula is C10H5BrCl2N2O2. The van der Waals surface area contributed by atoms with E-state index in [1.807, 2.05) is 0 Å². The molecule has 88 valence electrons. The third-order valence-corrected chi connectivity index (χ3v) is 3.16. The van der Waals surface area contributed by atoms with Crippen LogP contribution in [0.5, 0.6) is 0 Å². The number of hydrogen-bond acceptors (Lipinski definition) is 2. The van der Waals surface area contributed by atoms with Crippen LogP contribution in [-0.2, 0) is 0 Å². The largest absolute Gasteiger partial charge is 0.334 e. The lowest BCUT2D eigenvalue weighted by molar-refractivity contribution is 0.872. The van der Waals surface area contributed by atoms with Crippen molar-refractivity contribution in [2.24, 2.45) is 0 Å². The van der Waals surface area contributed by atoms with Gasteiger partial charge in [-0.3, -0.25) is 9.78 Å². The molecule has 0 spiro atoms. The molecule has 1 N–H and O–H groups in total. The van der Waals surface area contributed by atoms with E-state index in [1.165, 1.54) is 6.07 Å². The highest BCUT2D eigenvalue weighted by atomic mass is 79.9. The average molecular weight is 336 g/mol. The van der Waals surface area contributed by atoms with Crippen molar-refractivity contribution in [2.45, 2.75) is 0 Å². The number of aromatic nitrogens is 2. The Hall–Kier alpha value is -1.04. The molecule has 0 amide bonds. The Morgan fingerprint density at radius 2 is 1.88 bits per heavy atom. The van der Waals surface area contributed by atoms with E-state index >= 15 is 0 Å². The third-order valence-electron chi connectivity index (χ3n) is 2.05. The SMILES string of the molecule is O=c1cc(Cl)[nH]c(=O)n1-c1cc(Cl)ccc1Br. The number of rotatable bonds is 1. The smallest absolute Gasteiger partial charge is 0.297 e. The van der Waals surface area contributed by atoms with Gasteiger partial charge in [0.15, 0.2) is 0 Å². The predicted octanol–water partition coefficient (Wildman–Crippen LogP) is 2.60. The van der Waals surface area contributed by atoms with Gasteiger partial charge in [0, 0.05) is 15.6 Å². The minimum atomic E-state index is -0.620. The zero-order valence-corrected chi connectivity index (χ0v) is 11.3. The molecule has 0 saturated carbocycles. The monoisotopic (exact) mass is 334 g/mol. The van der Waals surface area contributed by atoms with Crippen LogP contribution in [0.2, 0.25) is 10.2 Å². The van der Waals surface area contributed by atoms with Crippen molar-refractivity contribution in [3.8, 4) is 5.69 Å². The first-order chi connectivity index (χ1) is 7.99. The van der Waals surface area contributed by atoms with Gasteiger partial charge in [-0.25, -0.2) is 9.36 Å². The molecule has 0 bridgehead atoms. The summed E-state index contributed by atoms with van der Waals surface area (Å²) in [6.45, 7) is 0. The molecule has 2 aromatic rings. The van der Waals surface area contributed by atoms with E-state index in [9.17, 15) is 9.59 Å². The standard InChI is InChI=1S/C10H5BrCl2N2O2/c11-6-2-1-5(12)3-7(6)15-9(16)4-8(13)14-10(15)17/h1-4H,(H,14,17). The number of hydrogen-bond donors (Lipinski definition) is 1. The van der Waals surface area contributed by atoms with E-state index in [0.29, 0.717) is 15.2 Å². The number of nitrogens with zero attached hydrogens (tertiary/aromatic N) is 1. The van der Waals surface area contributed by atoms with Crippen molar-refractivity contribution in [3.63, 3.8) is 0 Å². The Morgan fingerprint density at radius 1 is 1.18 bits per heavy atom. The second-order valence-corrected chi connectivity index (χ2v) is 4.89. The molecule has 0 aliphatic heterocycles. The molecule has 7 heteroatoms. The molecule has 4 nitrogen and oxygen atoms in total. The number of benzene rings is 1. The lowest BCUT2D eigenvalue weighted by Crippen LogP contribution is -2.33. The molecule has 17 heavy (non-hydrogen) atoms. The topological polar surface area (TPSA) is 54.9 Å². The molecule has 0 atom stereocenters. The Bertz CT molecular complexity index is 662. The van der Waals surface area contributed by atoms with Crippen LogP contribution in [0.1, 0.15) is 0 Å². The quantitative estimate of drug-likeness (QED) is 0.814. The molecule has 1 aromatic carbocycles. The van der Waals surface area contributed by atoms with Crippen molar-refractivity contribution >= 4 is 39.1 Å². The summed E-state index contributed by atoms with van der Waals surface area (Å²) in [7, 11) is 0. The summed E-state index contributed by atoms with van der Waals surface area (Å²) < 4.78 is 1.53. The highest BCUT2D eigenvalue weighted by Gasteiger charge is 2.09. The van der Waals surface area contributed by atoms with Crippen molar-refractivity contribution in [1.82, 2.24) is 9.55 Å². The molecule has 1 heterocycles. The molecule has 0 radical (unpaired) electrons. The van der Waals surface area contributed by atoms with Gasteiger partial charge in [0.05, 0.1) is 5.69 Å². The Kier molecular flexibility index (Phi) is 3.42. The highest BCUT2D eigenvalue weighted by Crippen LogP contribution is 2.22. The summed E-state index contributed by atoms with van der Waals surface area (Å²) >= 11 is 14.7. The molecular weight excluding hydrogens is 331 g/mol. The fourth-order valence-electron chi connectivity index (χ4n) is 1.35. The number of nitrogens with one attached hydrogen (secondary N) is 1. The fraction of sp³-hybridized carbons (Fsp3) is 0. The third kappa shape index (κ3) is 2.46. The van der Waals surface area contributed by atoms with Crippen molar-refractivity contribution in [3.05, 3.63) is 59.8 Å². The number of H-pyrrole nitrogens is 1. The van der Waals surface area contributed by atoms with E-state index in [2.05, 4.69) is 20.9 Å². The van der Waals surface area contributed by atoms with Crippen LogP contribution in [0, 0.1) is 0 Å². The average Bonchev–Trinajstić information content (AvgIpc) is 2.21. The summed E-state index contributed by atoms with van der Waals surface area (Å²) in [5.41, 5.74) is -0.785. The van der Waals surface area contributed by atoms with Gasteiger partial charge < -0.3 is 0 Å². The fourth-order valence-corrected chi connectivity index (χ4v) is 2.12. The Morgan fingerprint density at radius 3 is 2.53 bits per heavy atom. The van der Waals surface area contributed by atoms with E-state index in [-0.39, 0.29) is 5.15 Å². The first-order valence-corrected chi connectivity index (χ1v) is 6.01. The maximum atomic E-state index is 11.7. The van der Waals surface area contributed by atoms with Gasteiger partial charge in [0.25, 0.3) is 5.56 Å². The molecule has 0 aliphatic rings. The molecule has 2 rings (SSSR count). The van der Waals surface area contributed by atoms with E-state index in [1.54, 1.807) is 12.1 Å². The van der Waals surface area contributed by atoms with Crippen LogP contribution in [0.4, 0.5) is 0 Å². The van der Waals surface area contributed by atoms with Crippen LogP contribution in [-0.4, -0.2) is 9.55 Å². The molecule has 0 saturated heterocycles. The van der Waals surface area contributed by atoms with Gasteiger partial charge in [-0.15, -0.1) is 0 Å². The lowest BCUT2D eigenvalue weighted by Gasteiger charge is -2.07.